The van der Waals surface area contributed by atoms with Gasteiger partial charge in [0.15, 0.2) is 0 Å². The van der Waals surface area contributed by atoms with Gasteiger partial charge in [-0.25, -0.2) is 4.79 Å². The fraction of sp³-hybridized carbons (Fsp3) is 0.600. The lowest BCUT2D eigenvalue weighted by atomic mass is 9.97. The second kappa shape index (κ2) is 11.3. The van der Waals surface area contributed by atoms with E-state index in [0.717, 1.165) is 4.90 Å². The minimum absolute atomic E-state index is 0.0438. The highest BCUT2D eigenvalue weighted by molar-refractivity contribution is 9.09. The first-order valence-electron chi connectivity index (χ1n) is 10.1. The van der Waals surface area contributed by atoms with Crippen LogP contribution in [0.5, 0.6) is 0 Å². The Morgan fingerprint density at radius 2 is 1.94 bits per heavy atom. The number of hydrogen-bond acceptors (Lipinski definition) is 11. The summed E-state index contributed by atoms with van der Waals surface area (Å²) in [7, 11) is 1.43. The molecule has 0 aromatic rings. The second-order valence-corrected chi connectivity index (χ2v) is 10.0. The zero-order valence-electron chi connectivity index (χ0n) is 19.2. The summed E-state index contributed by atoms with van der Waals surface area (Å²) >= 11 is 4.14. The van der Waals surface area contributed by atoms with Crippen LogP contribution in [-0.2, 0) is 38.2 Å². The third-order valence-corrected chi connectivity index (χ3v) is 6.55. The third-order valence-electron chi connectivity index (χ3n) is 4.70. The summed E-state index contributed by atoms with van der Waals surface area (Å²) in [5.41, 5.74) is -1.14. The molecule has 2 amide bonds. The number of amides is 2. The van der Waals surface area contributed by atoms with Crippen LogP contribution in [0.2, 0.25) is 0 Å². The van der Waals surface area contributed by atoms with Crippen molar-refractivity contribution in [3.63, 3.8) is 0 Å². The van der Waals surface area contributed by atoms with E-state index in [1.807, 2.05) is 0 Å². The number of β-lactam (4-membered cyclic amide) rings is 1. The molecule has 2 heterocycles. The Hall–Kier alpha value is -2.45. The number of carbonyl (C=O) groups excluding carboxylic acids is 5. The van der Waals surface area contributed by atoms with Crippen molar-refractivity contribution in [2.24, 2.45) is 10.6 Å². The Morgan fingerprint density at radius 3 is 2.47 bits per heavy atom. The van der Waals surface area contributed by atoms with Crippen LogP contribution in [0.4, 0.5) is 0 Å². The number of halogens is 1. The maximum Gasteiger partial charge on any atom is 0.358 e. The number of methoxy groups -OCH3 is 1. The van der Waals surface area contributed by atoms with Gasteiger partial charge in [-0.15, -0.1) is 11.8 Å². The molecule has 2 N–H and O–H groups in total. The zero-order chi connectivity index (χ0) is 25.8. The first-order valence-corrected chi connectivity index (χ1v) is 12.2. The van der Waals surface area contributed by atoms with Crippen molar-refractivity contribution in [3.05, 3.63) is 11.3 Å². The number of Topliss-reactive ketones (excluding diaryl/α,β-unsaturated/α-hetero) is 1. The van der Waals surface area contributed by atoms with Crippen molar-refractivity contribution in [1.29, 1.82) is 0 Å². The molecule has 3 atom stereocenters. The number of ether oxygens (including phenoxy) is 3. The molecule has 0 aliphatic carbocycles. The van der Waals surface area contributed by atoms with E-state index in [9.17, 15) is 24.0 Å². The van der Waals surface area contributed by atoms with Crippen LogP contribution in [0.15, 0.2) is 16.4 Å². The van der Waals surface area contributed by atoms with Gasteiger partial charge in [0.25, 0.3) is 11.8 Å². The SMILES string of the molecule is COCC1=C(C(=O)OC(C)OC(=O)C(C)(C)C)N2C(=O)C(NC(=O)C(=NO)C(=O)CBr)[C@@H]2SC1. The van der Waals surface area contributed by atoms with Crippen LogP contribution >= 0.6 is 27.7 Å². The Morgan fingerprint density at radius 1 is 1.29 bits per heavy atom. The molecule has 1 saturated heterocycles. The van der Waals surface area contributed by atoms with Gasteiger partial charge in [0.1, 0.15) is 17.1 Å². The van der Waals surface area contributed by atoms with Crippen molar-refractivity contribution >= 4 is 62.9 Å². The molecule has 0 bridgehead atoms. The van der Waals surface area contributed by atoms with Gasteiger partial charge in [0, 0.05) is 19.8 Å². The highest BCUT2D eigenvalue weighted by Crippen LogP contribution is 2.40. The summed E-state index contributed by atoms with van der Waals surface area (Å²) in [6, 6.07) is -1.07. The number of alkyl halides is 1. The predicted molar refractivity (Wildman–Crippen MR) is 123 cm³/mol. The Labute approximate surface area is 208 Å². The second-order valence-electron chi connectivity index (χ2n) is 8.38. The lowest BCUT2D eigenvalue weighted by molar-refractivity contribution is -0.190. The van der Waals surface area contributed by atoms with E-state index < -0.39 is 58.4 Å². The van der Waals surface area contributed by atoms with Gasteiger partial charge < -0.3 is 24.7 Å². The van der Waals surface area contributed by atoms with Crippen LogP contribution < -0.4 is 5.32 Å². The number of ketones is 1. The van der Waals surface area contributed by atoms with E-state index >= 15 is 0 Å². The first-order chi connectivity index (χ1) is 15.9. The highest BCUT2D eigenvalue weighted by Gasteiger charge is 2.55. The molecule has 1 fully saturated rings. The Kier molecular flexibility index (Phi) is 9.25. The molecule has 0 aromatic carbocycles. The van der Waals surface area contributed by atoms with Gasteiger partial charge in [-0.1, -0.05) is 21.1 Å². The monoisotopic (exact) mass is 563 g/mol. The number of nitrogens with zero attached hydrogens (tertiary/aromatic N) is 2. The van der Waals surface area contributed by atoms with E-state index in [4.69, 9.17) is 19.4 Å². The summed E-state index contributed by atoms with van der Waals surface area (Å²) < 4.78 is 15.6. The smallest absolute Gasteiger partial charge is 0.358 e. The van der Waals surface area contributed by atoms with Crippen molar-refractivity contribution in [3.8, 4) is 0 Å². The lowest BCUT2D eigenvalue weighted by Gasteiger charge is -2.49. The van der Waals surface area contributed by atoms with E-state index in [2.05, 4.69) is 26.4 Å². The van der Waals surface area contributed by atoms with Gasteiger partial charge in [0.05, 0.1) is 17.4 Å². The first kappa shape index (κ1) is 27.8. The molecule has 0 saturated carbocycles. The van der Waals surface area contributed by atoms with Crippen molar-refractivity contribution < 1.29 is 43.4 Å². The third kappa shape index (κ3) is 5.96. The molecule has 12 nitrogen and oxygen atoms in total. The molecule has 2 aliphatic rings. The molecular weight excluding hydrogens is 538 g/mol. The van der Waals surface area contributed by atoms with Crippen LogP contribution in [-0.4, -0.2) is 87.9 Å². The minimum Gasteiger partial charge on any atom is -0.425 e. The minimum atomic E-state index is -1.21. The quantitative estimate of drug-likeness (QED) is 0.0592. The molecule has 0 aromatic heterocycles. The van der Waals surface area contributed by atoms with Crippen molar-refractivity contribution in [2.75, 3.05) is 24.8 Å². The number of rotatable bonds is 9. The Bertz CT molecular complexity index is 944. The van der Waals surface area contributed by atoms with E-state index in [0.29, 0.717) is 5.57 Å². The van der Waals surface area contributed by atoms with Gasteiger partial charge in [-0.2, -0.15) is 0 Å². The summed E-state index contributed by atoms with van der Waals surface area (Å²) in [5.74, 6) is -3.60. The maximum atomic E-state index is 13.0. The topological polar surface area (TPSA) is 161 Å². The zero-order valence-corrected chi connectivity index (χ0v) is 21.6. The van der Waals surface area contributed by atoms with Crippen molar-refractivity contribution in [2.45, 2.75) is 45.4 Å². The molecule has 2 unspecified atom stereocenters. The fourth-order valence-corrected chi connectivity index (χ4v) is 4.61. The molecule has 0 spiro atoms. The number of hydrogen-bond donors (Lipinski definition) is 2. The number of fused-ring (bicyclic) bond motifs is 1. The van der Waals surface area contributed by atoms with Gasteiger partial charge >= 0.3 is 11.9 Å². The summed E-state index contributed by atoms with van der Waals surface area (Å²) in [6.45, 7) is 6.37. The molecule has 2 rings (SSSR count). The van der Waals surface area contributed by atoms with Crippen LogP contribution in [0, 0.1) is 5.41 Å². The number of esters is 2. The van der Waals surface area contributed by atoms with E-state index in [1.165, 1.54) is 25.8 Å². The van der Waals surface area contributed by atoms with Crippen molar-refractivity contribution in [1.82, 2.24) is 10.2 Å². The number of nitrogens with one attached hydrogen (secondary N) is 1. The van der Waals surface area contributed by atoms with E-state index in [-0.39, 0.29) is 23.4 Å². The summed E-state index contributed by atoms with van der Waals surface area (Å²) in [4.78, 5) is 63.1. The van der Waals surface area contributed by atoms with Gasteiger partial charge in [0.2, 0.25) is 17.8 Å². The Balaban J connectivity index is 2.19. The average molecular weight is 564 g/mol. The number of carbonyl (C=O) groups is 5. The van der Waals surface area contributed by atoms with Crippen LogP contribution in [0.3, 0.4) is 0 Å². The highest BCUT2D eigenvalue weighted by atomic mass is 79.9. The maximum absolute atomic E-state index is 13.0. The molecule has 188 valence electrons. The summed E-state index contributed by atoms with van der Waals surface area (Å²) in [6.07, 6.45) is -1.21. The van der Waals surface area contributed by atoms with E-state index in [1.54, 1.807) is 20.8 Å². The number of oxime groups is 1. The summed E-state index contributed by atoms with van der Waals surface area (Å²) in [5, 5.41) is 13.1. The number of thioether (sulfide) groups is 1. The lowest BCUT2D eigenvalue weighted by Crippen LogP contribution is -2.71. The average Bonchev–Trinajstić information content (AvgIpc) is 2.76. The predicted octanol–water partition coefficient (Wildman–Crippen LogP) is 0.560. The van der Waals surface area contributed by atoms with Crippen LogP contribution in [0.1, 0.15) is 27.7 Å². The van der Waals surface area contributed by atoms with Crippen LogP contribution in [0.25, 0.3) is 0 Å². The van der Waals surface area contributed by atoms with Gasteiger partial charge in [-0.3, -0.25) is 24.1 Å². The normalized spacial score (nSPS) is 21.3. The molecule has 2 aliphatic heterocycles. The fourth-order valence-electron chi connectivity index (χ4n) is 3.02. The standard InChI is InChI=1S/C20H26BrN3O9S/c1-9(33-19(29)20(2,3)4)32-18(28)14-10(7-31-5)8-34-17-13(16(27)24(14)17)22-15(26)12(23-30)11(25)6-21/h9,13,17,30H,6-8H2,1-5H3,(H,22,26)/t9?,13?,17-/m0/s1. The molecular formula is C20H26BrN3O9S. The molecule has 34 heavy (non-hydrogen) atoms. The van der Waals surface area contributed by atoms with Gasteiger partial charge in [-0.05, 0) is 26.3 Å². The molecule has 14 heteroatoms. The molecule has 0 radical (unpaired) electrons. The largest absolute Gasteiger partial charge is 0.425 e.